The highest BCUT2D eigenvalue weighted by Gasteiger charge is 2.42. The van der Waals surface area contributed by atoms with Gasteiger partial charge in [0, 0.05) is 43.1 Å². The minimum absolute atomic E-state index is 0.0234. The molecule has 0 radical (unpaired) electrons. The molecular weight excluding hydrogens is 362 g/mol. The number of ether oxygens (including phenoxy) is 1. The normalized spacial score (nSPS) is 23.2. The first kappa shape index (κ1) is 18.3. The van der Waals surface area contributed by atoms with E-state index in [0.717, 1.165) is 44.6 Å². The van der Waals surface area contributed by atoms with Crippen LogP contribution in [0.4, 0.5) is 11.4 Å². The molecule has 1 saturated heterocycles. The van der Waals surface area contributed by atoms with Crippen LogP contribution in [0, 0.1) is 12.8 Å². The summed E-state index contributed by atoms with van der Waals surface area (Å²) < 4.78 is 5.48. The summed E-state index contributed by atoms with van der Waals surface area (Å²) in [4.78, 5) is 18.0. The summed E-state index contributed by atoms with van der Waals surface area (Å²) in [6.45, 7) is 4.84. The summed E-state index contributed by atoms with van der Waals surface area (Å²) in [5.74, 6) is 1.07. The van der Waals surface area contributed by atoms with Gasteiger partial charge < -0.3 is 19.9 Å². The molecule has 2 fully saturated rings. The molecule has 1 saturated carbocycles. The van der Waals surface area contributed by atoms with E-state index in [1.54, 1.807) is 7.11 Å². The maximum absolute atomic E-state index is 13.1. The number of piperazine rings is 1. The fourth-order valence-electron chi connectivity index (χ4n) is 4.73. The largest absolute Gasteiger partial charge is 0.497 e. The van der Waals surface area contributed by atoms with Crippen LogP contribution >= 0.6 is 0 Å². The second-order valence-corrected chi connectivity index (χ2v) is 8.63. The van der Waals surface area contributed by atoms with Crippen molar-refractivity contribution in [3.63, 3.8) is 0 Å². The number of fused-ring (bicyclic) bond motifs is 3. The second kappa shape index (κ2) is 7.29. The van der Waals surface area contributed by atoms with Crippen LogP contribution in [0.3, 0.4) is 0 Å². The minimum atomic E-state index is -0.0234. The Morgan fingerprint density at radius 1 is 1.10 bits per heavy atom. The predicted octanol–water partition coefficient (Wildman–Crippen LogP) is 3.15. The molecule has 2 atom stereocenters. The highest BCUT2D eigenvalue weighted by molar-refractivity contribution is 5.83. The zero-order valence-corrected chi connectivity index (χ0v) is 17.2. The molecule has 5 nitrogen and oxygen atoms in total. The standard InChI is InChI=1S/C24H29N3O2/c1-16-3-8-19(9-4-16)26-11-12-27-22-14-20(29-2)10-5-17(22)13-21(23(27)15-26)24(28)25-18-6-7-18/h3-5,8-10,14,18,21,23H,6-7,11-13,15H2,1-2H3,(H,25,28)/t21-,23+/m0/s1. The molecular formula is C24H29N3O2. The number of amides is 1. The van der Waals surface area contributed by atoms with Crippen molar-refractivity contribution >= 4 is 17.3 Å². The predicted molar refractivity (Wildman–Crippen MR) is 116 cm³/mol. The topological polar surface area (TPSA) is 44.8 Å². The average Bonchev–Trinajstić information content (AvgIpc) is 3.56. The first-order valence-corrected chi connectivity index (χ1v) is 10.7. The van der Waals surface area contributed by atoms with Crippen molar-refractivity contribution in [3.05, 3.63) is 53.6 Å². The molecule has 1 amide bonds. The van der Waals surface area contributed by atoms with E-state index < -0.39 is 0 Å². The molecule has 2 aliphatic heterocycles. The van der Waals surface area contributed by atoms with Gasteiger partial charge in [0.15, 0.2) is 0 Å². The SMILES string of the molecule is COc1ccc2c(c1)N1CCN(c3ccc(C)cc3)C[C@@H]1[C@@H](C(=O)NC1CC1)C2. The summed E-state index contributed by atoms with van der Waals surface area (Å²) >= 11 is 0. The number of hydrogen-bond donors (Lipinski definition) is 1. The van der Waals surface area contributed by atoms with Crippen molar-refractivity contribution in [2.45, 2.75) is 38.3 Å². The highest BCUT2D eigenvalue weighted by atomic mass is 16.5. The summed E-state index contributed by atoms with van der Waals surface area (Å²) in [5, 5.41) is 3.26. The van der Waals surface area contributed by atoms with Crippen LogP contribution in [0.15, 0.2) is 42.5 Å². The van der Waals surface area contributed by atoms with E-state index in [4.69, 9.17) is 4.74 Å². The Hall–Kier alpha value is -2.69. The summed E-state index contributed by atoms with van der Waals surface area (Å²) in [6.07, 6.45) is 3.03. The van der Waals surface area contributed by atoms with E-state index in [1.165, 1.54) is 22.5 Å². The lowest BCUT2D eigenvalue weighted by atomic mass is 9.83. The van der Waals surface area contributed by atoms with Crippen molar-refractivity contribution in [3.8, 4) is 5.75 Å². The Kier molecular flexibility index (Phi) is 4.61. The summed E-state index contributed by atoms with van der Waals surface area (Å²) in [6, 6.07) is 15.6. The molecule has 2 aromatic rings. The first-order chi connectivity index (χ1) is 14.1. The Bertz CT molecular complexity index is 907. The number of anilines is 2. The smallest absolute Gasteiger partial charge is 0.225 e. The van der Waals surface area contributed by atoms with E-state index in [2.05, 4.69) is 58.4 Å². The second-order valence-electron chi connectivity index (χ2n) is 8.63. The fraction of sp³-hybridized carbons (Fsp3) is 0.458. The van der Waals surface area contributed by atoms with E-state index in [-0.39, 0.29) is 17.9 Å². The van der Waals surface area contributed by atoms with Crippen molar-refractivity contribution in [1.29, 1.82) is 0 Å². The maximum atomic E-state index is 13.1. The molecule has 0 unspecified atom stereocenters. The van der Waals surface area contributed by atoms with E-state index in [0.29, 0.717) is 6.04 Å². The Morgan fingerprint density at radius 3 is 2.62 bits per heavy atom. The van der Waals surface area contributed by atoms with Crippen molar-refractivity contribution in [2.75, 3.05) is 36.5 Å². The van der Waals surface area contributed by atoms with Crippen LogP contribution in [-0.4, -0.2) is 44.7 Å². The number of methoxy groups -OCH3 is 1. The zero-order chi connectivity index (χ0) is 20.0. The fourth-order valence-corrected chi connectivity index (χ4v) is 4.73. The third-order valence-corrected chi connectivity index (χ3v) is 6.58. The highest BCUT2D eigenvalue weighted by Crippen LogP contribution is 2.39. The Morgan fingerprint density at radius 2 is 1.90 bits per heavy atom. The van der Waals surface area contributed by atoms with Gasteiger partial charge in [-0.25, -0.2) is 0 Å². The van der Waals surface area contributed by atoms with Crippen molar-refractivity contribution < 1.29 is 9.53 Å². The first-order valence-electron chi connectivity index (χ1n) is 10.7. The lowest BCUT2D eigenvalue weighted by Gasteiger charge is -2.49. The number of aryl methyl sites for hydroxylation is 1. The van der Waals surface area contributed by atoms with Crippen LogP contribution in [-0.2, 0) is 11.2 Å². The molecule has 0 aromatic heterocycles. The molecule has 5 heteroatoms. The molecule has 152 valence electrons. The average molecular weight is 392 g/mol. The van der Waals surface area contributed by atoms with Crippen LogP contribution < -0.4 is 19.9 Å². The van der Waals surface area contributed by atoms with Crippen LogP contribution in [0.1, 0.15) is 24.0 Å². The molecule has 2 aromatic carbocycles. The third kappa shape index (κ3) is 3.54. The molecule has 29 heavy (non-hydrogen) atoms. The van der Waals surface area contributed by atoms with Gasteiger partial charge in [-0.3, -0.25) is 4.79 Å². The van der Waals surface area contributed by atoms with Gasteiger partial charge in [-0.05, 0) is 49.9 Å². The van der Waals surface area contributed by atoms with Gasteiger partial charge in [-0.15, -0.1) is 0 Å². The molecule has 1 N–H and O–H groups in total. The molecule has 5 rings (SSSR count). The number of carbonyl (C=O) groups is 1. The molecule has 3 aliphatic rings. The molecule has 0 spiro atoms. The van der Waals surface area contributed by atoms with E-state index in [9.17, 15) is 4.79 Å². The monoisotopic (exact) mass is 391 g/mol. The van der Waals surface area contributed by atoms with Crippen molar-refractivity contribution in [2.24, 2.45) is 5.92 Å². The minimum Gasteiger partial charge on any atom is -0.497 e. The number of hydrogen-bond acceptors (Lipinski definition) is 4. The van der Waals surface area contributed by atoms with Crippen LogP contribution in [0.2, 0.25) is 0 Å². The third-order valence-electron chi connectivity index (χ3n) is 6.58. The summed E-state index contributed by atoms with van der Waals surface area (Å²) in [7, 11) is 1.71. The van der Waals surface area contributed by atoms with Gasteiger partial charge in [0.2, 0.25) is 5.91 Å². The van der Waals surface area contributed by atoms with Crippen LogP contribution in [0.5, 0.6) is 5.75 Å². The lowest BCUT2D eigenvalue weighted by Crippen LogP contribution is -2.61. The number of nitrogens with zero attached hydrogens (tertiary/aromatic N) is 2. The van der Waals surface area contributed by atoms with Crippen molar-refractivity contribution in [1.82, 2.24) is 5.32 Å². The number of rotatable bonds is 4. The number of carbonyl (C=O) groups excluding carboxylic acids is 1. The molecule has 1 aliphatic carbocycles. The van der Waals surface area contributed by atoms with Gasteiger partial charge in [0.25, 0.3) is 0 Å². The van der Waals surface area contributed by atoms with Crippen LogP contribution in [0.25, 0.3) is 0 Å². The molecule has 2 heterocycles. The zero-order valence-electron chi connectivity index (χ0n) is 17.2. The quantitative estimate of drug-likeness (QED) is 0.870. The Labute approximate surface area is 172 Å². The summed E-state index contributed by atoms with van der Waals surface area (Å²) in [5.41, 5.74) is 5.00. The number of benzene rings is 2. The lowest BCUT2D eigenvalue weighted by molar-refractivity contribution is -0.126. The van der Waals surface area contributed by atoms with Gasteiger partial charge in [-0.2, -0.15) is 0 Å². The maximum Gasteiger partial charge on any atom is 0.225 e. The molecule has 0 bridgehead atoms. The number of nitrogens with one attached hydrogen (secondary N) is 1. The van der Waals surface area contributed by atoms with Gasteiger partial charge in [0.05, 0.1) is 19.1 Å². The van der Waals surface area contributed by atoms with Gasteiger partial charge in [-0.1, -0.05) is 23.8 Å². The Balaban J connectivity index is 1.46. The van der Waals surface area contributed by atoms with Gasteiger partial charge >= 0.3 is 0 Å². The van der Waals surface area contributed by atoms with E-state index >= 15 is 0 Å². The van der Waals surface area contributed by atoms with E-state index in [1.807, 2.05) is 6.07 Å². The van der Waals surface area contributed by atoms with Gasteiger partial charge in [0.1, 0.15) is 5.75 Å².